The third-order valence-corrected chi connectivity index (χ3v) is 3.93. The number of ether oxygens (including phenoxy) is 1. The van der Waals surface area contributed by atoms with E-state index in [1.54, 1.807) is 0 Å². The molecule has 2 aromatic rings. The third-order valence-electron chi connectivity index (χ3n) is 3.93. The fourth-order valence-corrected chi connectivity index (χ4v) is 2.74. The van der Waals surface area contributed by atoms with E-state index in [0.29, 0.717) is 11.0 Å². The SMILES string of the molecule is [C-]#[N+]c1cn([C@@H]2O[C@H](CO)[C@@H](O)[C@@]2(C)O)c2ncnc(N)c12. The van der Waals surface area contributed by atoms with E-state index in [1.165, 1.54) is 24.0 Å². The number of fused-ring (bicyclic) bond motifs is 1. The Kier molecular flexibility index (Phi) is 3.26. The van der Waals surface area contributed by atoms with Crippen LogP contribution in [0.1, 0.15) is 13.2 Å². The monoisotopic (exact) mass is 305 g/mol. The van der Waals surface area contributed by atoms with Crippen LogP contribution >= 0.6 is 0 Å². The molecule has 0 unspecified atom stereocenters. The number of aliphatic hydroxyl groups excluding tert-OH is 2. The van der Waals surface area contributed by atoms with Gasteiger partial charge in [-0.05, 0) is 6.92 Å². The van der Waals surface area contributed by atoms with Crippen LogP contribution in [0.5, 0.6) is 0 Å². The largest absolute Gasteiger partial charge is 0.394 e. The molecule has 1 aliphatic heterocycles. The summed E-state index contributed by atoms with van der Waals surface area (Å²) in [5, 5.41) is 30.2. The van der Waals surface area contributed by atoms with E-state index in [-0.39, 0.29) is 11.5 Å². The van der Waals surface area contributed by atoms with Crippen LogP contribution in [0.2, 0.25) is 0 Å². The van der Waals surface area contributed by atoms with E-state index in [1.807, 2.05) is 0 Å². The number of anilines is 1. The van der Waals surface area contributed by atoms with Crippen LogP contribution in [-0.4, -0.2) is 54.3 Å². The Bertz CT molecular complexity index is 766. The molecule has 0 saturated carbocycles. The normalized spacial score (nSPS) is 31.5. The second-order valence-electron chi connectivity index (χ2n) is 5.37. The molecule has 0 amide bonds. The van der Waals surface area contributed by atoms with E-state index in [4.69, 9.17) is 17.0 Å². The molecule has 116 valence electrons. The highest BCUT2D eigenvalue weighted by molar-refractivity contribution is 5.98. The van der Waals surface area contributed by atoms with Gasteiger partial charge in [0.05, 0.1) is 18.6 Å². The number of nitrogen functional groups attached to an aromatic ring is 1. The number of hydrogen-bond donors (Lipinski definition) is 4. The maximum absolute atomic E-state index is 10.5. The van der Waals surface area contributed by atoms with E-state index >= 15 is 0 Å². The second-order valence-corrected chi connectivity index (χ2v) is 5.37. The lowest BCUT2D eigenvalue weighted by molar-refractivity contribution is -0.0947. The summed E-state index contributed by atoms with van der Waals surface area (Å²) >= 11 is 0. The van der Waals surface area contributed by atoms with Crippen molar-refractivity contribution in [3.63, 3.8) is 0 Å². The van der Waals surface area contributed by atoms with Crippen molar-refractivity contribution in [2.24, 2.45) is 0 Å². The van der Waals surface area contributed by atoms with E-state index < -0.39 is 30.6 Å². The zero-order valence-corrected chi connectivity index (χ0v) is 11.7. The van der Waals surface area contributed by atoms with Gasteiger partial charge < -0.3 is 30.4 Å². The van der Waals surface area contributed by atoms with Gasteiger partial charge in [0, 0.05) is 6.20 Å². The van der Waals surface area contributed by atoms with E-state index in [2.05, 4.69) is 14.8 Å². The Morgan fingerprint density at radius 2 is 2.27 bits per heavy atom. The van der Waals surface area contributed by atoms with Gasteiger partial charge in [-0.1, -0.05) is 0 Å². The Morgan fingerprint density at radius 3 is 2.86 bits per heavy atom. The highest BCUT2D eigenvalue weighted by Gasteiger charge is 2.53. The van der Waals surface area contributed by atoms with Gasteiger partial charge in [0.25, 0.3) is 0 Å². The van der Waals surface area contributed by atoms with E-state index in [9.17, 15) is 15.3 Å². The van der Waals surface area contributed by atoms with Crippen LogP contribution in [0.25, 0.3) is 15.9 Å². The maximum Gasteiger partial charge on any atom is 0.217 e. The quantitative estimate of drug-likeness (QED) is 0.553. The summed E-state index contributed by atoms with van der Waals surface area (Å²) in [5.74, 6) is 0.145. The Hall–Kier alpha value is -2.25. The van der Waals surface area contributed by atoms with Gasteiger partial charge in [0.15, 0.2) is 6.23 Å². The first kappa shape index (κ1) is 14.7. The first-order valence-electron chi connectivity index (χ1n) is 6.57. The average molecular weight is 305 g/mol. The predicted octanol–water partition coefficient (Wildman–Crippen LogP) is -0.434. The lowest BCUT2D eigenvalue weighted by Crippen LogP contribution is -2.44. The van der Waals surface area contributed by atoms with Crippen molar-refractivity contribution in [1.29, 1.82) is 0 Å². The summed E-state index contributed by atoms with van der Waals surface area (Å²) in [7, 11) is 0. The molecule has 9 heteroatoms. The van der Waals surface area contributed by atoms with Crippen molar-refractivity contribution in [3.05, 3.63) is 23.9 Å². The van der Waals surface area contributed by atoms with Gasteiger partial charge in [-0.2, -0.15) is 0 Å². The smallest absolute Gasteiger partial charge is 0.217 e. The Labute approximate surface area is 125 Å². The maximum atomic E-state index is 10.5. The zero-order valence-electron chi connectivity index (χ0n) is 11.7. The van der Waals surface area contributed by atoms with Crippen LogP contribution in [0.15, 0.2) is 12.5 Å². The molecule has 2 aromatic heterocycles. The molecule has 1 fully saturated rings. The Morgan fingerprint density at radius 1 is 1.55 bits per heavy atom. The molecule has 0 radical (unpaired) electrons. The molecule has 0 spiro atoms. The molecular weight excluding hydrogens is 290 g/mol. The van der Waals surface area contributed by atoms with E-state index in [0.717, 1.165) is 0 Å². The molecule has 3 heterocycles. The number of aromatic nitrogens is 3. The molecule has 1 saturated heterocycles. The summed E-state index contributed by atoms with van der Waals surface area (Å²) in [6.45, 7) is 8.18. The van der Waals surface area contributed by atoms with Crippen LogP contribution in [-0.2, 0) is 4.74 Å². The fourth-order valence-electron chi connectivity index (χ4n) is 2.74. The lowest BCUT2D eigenvalue weighted by Gasteiger charge is -2.27. The molecule has 1 aliphatic rings. The minimum absolute atomic E-state index is 0.145. The number of aliphatic hydroxyl groups is 3. The van der Waals surface area contributed by atoms with Gasteiger partial charge in [0.1, 0.15) is 35.6 Å². The number of hydrogen-bond acceptors (Lipinski definition) is 7. The van der Waals surface area contributed by atoms with Gasteiger partial charge >= 0.3 is 0 Å². The molecule has 22 heavy (non-hydrogen) atoms. The minimum atomic E-state index is -1.67. The van der Waals surface area contributed by atoms with Crippen LogP contribution in [0.3, 0.4) is 0 Å². The summed E-state index contributed by atoms with van der Waals surface area (Å²) in [6.07, 6.45) is -0.560. The molecule has 3 rings (SSSR count). The zero-order chi connectivity index (χ0) is 16.1. The van der Waals surface area contributed by atoms with Crippen LogP contribution in [0.4, 0.5) is 11.5 Å². The van der Waals surface area contributed by atoms with Gasteiger partial charge in [-0.25, -0.2) is 14.8 Å². The molecule has 9 nitrogen and oxygen atoms in total. The average Bonchev–Trinajstić information content (AvgIpc) is 2.97. The first-order valence-corrected chi connectivity index (χ1v) is 6.57. The topological polar surface area (TPSA) is 131 Å². The second kappa shape index (κ2) is 4.89. The highest BCUT2D eigenvalue weighted by Crippen LogP contribution is 2.42. The van der Waals surface area contributed by atoms with Crippen molar-refractivity contribution in [3.8, 4) is 0 Å². The van der Waals surface area contributed by atoms with Crippen LogP contribution < -0.4 is 5.73 Å². The summed E-state index contributed by atoms with van der Waals surface area (Å²) < 4.78 is 6.97. The minimum Gasteiger partial charge on any atom is -0.394 e. The van der Waals surface area contributed by atoms with Crippen molar-refractivity contribution >= 4 is 22.5 Å². The summed E-state index contributed by atoms with van der Waals surface area (Å²) in [6, 6.07) is 0. The fraction of sp³-hybridized carbons (Fsp3) is 0.462. The highest BCUT2D eigenvalue weighted by atomic mass is 16.6. The third kappa shape index (κ3) is 1.86. The van der Waals surface area contributed by atoms with Gasteiger partial charge in [-0.15, -0.1) is 0 Å². The molecule has 0 aliphatic carbocycles. The standard InChI is InChI=1S/C13H15N5O4/c1-13(21)9(20)7(4-19)22-12(13)18-3-6(15-2)8-10(14)16-5-17-11(8)18/h3,5,7,9,12,19-21H,4H2,1H3,(H2,14,16,17)/t7-,9-,12-,13-/m1/s1. The molecule has 0 bridgehead atoms. The van der Waals surface area contributed by atoms with Gasteiger partial charge in [0.2, 0.25) is 5.69 Å². The molecule has 5 N–H and O–H groups in total. The summed E-state index contributed by atoms with van der Waals surface area (Å²) in [5.41, 5.74) is 4.66. The predicted molar refractivity (Wildman–Crippen MR) is 75.8 cm³/mol. The molecular formula is C13H15N5O4. The number of nitrogens with two attached hydrogens (primary N) is 1. The Balaban J connectivity index is 2.20. The van der Waals surface area contributed by atoms with Crippen molar-refractivity contribution in [1.82, 2.24) is 14.5 Å². The summed E-state index contributed by atoms with van der Waals surface area (Å²) in [4.78, 5) is 11.3. The molecule has 4 atom stereocenters. The van der Waals surface area contributed by atoms with Crippen molar-refractivity contribution in [2.45, 2.75) is 31.0 Å². The number of nitrogens with zero attached hydrogens (tertiary/aromatic N) is 4. The van der Waals surface area contributed by atoms with Crippen LogP contribution in [0, 0.1) is 6.57 Å². The van der Waals surface area contributed by atoms with Gasteiger partial charge in [-0.3, -0.25) is 0 Å². The van der Waals surface area contributed by atoms with Crippen molar-refractivity contribution < 1.29 is 20.1 Å². The lowest BCUT2D eigenvalue weighted by atomic mass is 9.96. The first-order chi connectivity index (χ1) is 10.4. The number of rotatable bonds is 2. The molecule has 0 aromatic carbocycles. The van der Waals surface area contributed by atoms with Crippen molar-refractivity contribution in [2.75, 3.05) is 12.3 Å².